The van der Waals surface area contributed by atoms with Gasteiger partial charge < -0.3 is 20.1 Å². The summed E-state index contributed by atoms with van der Waals surface area (Å²) in [7, 11) is 3.08. The maximum atomic E-state index is 12.7. The zero-order chi connectivity index (χ0) is 18.9. The maximum Gasteiger partial charge on any atom is 0.257 e. The molecule has 0 saturated carbocycles. The van der Waals surface area contributed by atoms with E-state index in [1.165, 1.54) is 7.11 Å². The van der Waals surface area contributed by atoms with E-state index in [1.54, 1.807) is 49.6 Å². The normalized spacial score (nSPS) is 10.1. The summed E-state index contributed by atoms with van der Waals surface area (Å²) in [5, 5.41) is 5.62. The van der Waals surface area contributed by atoms with E-state index in [0.717, 1.165) is 12.8 Å². The van der Waals surface area contributed by atoms with Crippen LogP contribution in [-0.2, 0) is 4.79 Å². The van der Waals surface area contributed by atoms with Gasteiger partial charge in [0, 0.05) is 18.2 Å². The molecule has 0 bridgehead atoms. The number of benzene rings is 2. The highest BCUT2D eigenvalue weighted by Crippen LogP contribution is 2.30. The summed E-state index contributed by atoms with van der Waals surface area (Å²) < 4.78 is 10.4. The van der Waals surface area contributed by atoms with E-state index in [-0.39, 0.29) is 11.8 Å². The number of nitrogens with one attached hydrogen (secondary N) is 2. The SMILES string of the molecule is CCCCC(=O)Nc1ccccc1C(=O)Nc1ccc(OC)c(OC)c1. The highest BCUT2D eigenvalue weighted by atomic mass is 16.5. The molecule has 6 heteroatoms. The molecule has 2 rings (SSSR count). The van der Waals surface area contributed by atoms with Gasteiger partial charge in [-0.25, -0.2) is 0 Å². The average molecular weight is 356 g/mol. The minimum atomic E-state index is -0.316. The number of carbonyl (C=O) groups is 2. The van der Waals surface area contributed by atoms with Crippen molar-refractivity contribution >= 4 is 23.2 Å². The standard InChI is InChI=1S/C20H24N2O4/c1-4-5-10-19(23)22-16-9-7-6-8-15(16)20(24)21-14-11-12-17(25-2)18(13-14)26-3/h6-9,11-13H,4-5,10H2,1-3H3,(H,21,24)(H,22,23). The Morgan fingerprint density at radius 2 is 1.69 bits per heavy atom. The number of hydrogen-bond acceptors (Lipinski definition) is 4. The molecule has 6 nitrogen and oxygen atoms in total. The van der Waals surface area contributed by atoms with Crippen LogP contribution in [0.2, 0.25) is 0 Å². The molecule has 2 aromatic carbocycles. The number of amides is 2. The van der Waals surface area contributed by atoms with E-state index in [2.05, 4.69) is 10.6 Å². The first-order valence-electron chi connectivity index (χ1n) is 8.51. The number of hydrogen-bond donors (Lipinski definition) is 2. The molecule has 0 spiro atoms. The van der Waals surface area contributed by atoms with E-state index in [1.807, 2.05) is 6.92 Å². The lowest BCUT2D eigenvalue weighted by Crippen LogP contribution is -2.18. The van der Waals surface area contributed by atoms with E-state index in [4.69, 9.17) is 9.47 Å². The minimum Gasteiger partial charge on any atom is -0.493 e. The second-order valence-corrected chi connectivity index (χ2v) is 5.72. The molecule has 0 saturated heterocycles. The summed E-state index contributed by atoms with van der Waals surface area (Å²) in [6.07, 6.45) is 2.18. The Morgan fingerprint density at radius 1 is 0.962 bits per heavy atom. The van der Waals surface area contributed by atoms with Crippen LogP contribution in [0.1, 0.15) is 36.5 Å². The third-order valence-corrected chi connectivity index (χ3v) is 3.84. The average Bonchev–Trinajstić information content (AvgIpc) is 2.66. The summed E-state index contributed by atoms with van der Waals surface area (Å²) in [6.45, 7) is 2.03. The van der Waals surface area contributed by atoms with Crippen LogP contribution in [0.5, 0.6) is 11.5 Å². The summed E-state index contributed by atoms with van der Waals surface area (Å²) in [5.74, 6) is 0.683. The van der Waals surface area contributed by atoms with Crippen molar-refractivity contribution in [3.63, 3.8) is 0 Å². The second-order valence-electron chi connectivity index (χ2n) is 5.72. The van der Waals surface area contributed by atoms with Crippen LogP contribution in [0.3, 0.4) is 0 Å². The molecular formula is C20H24N2O4. The predicted octanol–water partition coefficient (Wildman–Crippen LogP) is 4.08. The van der Waals surface area contributed by atoms with Crippen molar-refractivity contribution in [1.29, 1.82) is 0 Å². The molecule has 0 radical (unpaired) electrons. The van der Waals surface area contributed by atoms with E-state index < -0.39 is 0 Å². The number of methoxy groups -OCH3 is 2. The van der Waals surface area contributed by atoms with Crippen LogP contribution in [0.15, 0.2) is 42.5 Å². The molecule has 138 valence electrons. The largest absolute Gasteiger partial charge is 0.493 e. The zero-order valence-corrected chi connectivity index (χ0v) is 15.3. The van der Waals surface area contributed by atoms with Crippen molar-refractivity contribution in [3.05, 3.63) is 48.0 Å². The molecule has 0 aliphatic heterocycles. The Kier molecular flexibility index (Phi) is 7.02. The first kappa shape index (κ1) is 19.3. The number of ether oxygens (including phenoxy) is 2. The molecule has 0 fully saturated rings. The third kappa shape index (κ3) is 4.99. The van der Waals surface area contributed by atoms with E-state index in [9.17, 15) is 9.59 Å². The van der Waals surface area contributed by atoms with Crippen LogP contribution in [0.25, 0.3) is 0 Å². The second kappa shape index (κ2) is 9.46. The molecule has 2 amide bonds. The molecule has 0 aliphatic carbocycles. The Morgan fingerprint density at radius 3 is 2.38 bits per heavy atom. The van der Waals surface area contributed by atoms with Crippen molar-refractivity contribution in [2.45, 2.75) is 26.2 Å². The molecule has 26 heavy (non-hydrogen) atoms. The number of anilines is 2. The smallest absolute Gasteiger partial charge is 0.257 e. The Labute approximate surface area is 153 Å². The van der Waals surface area contributed by atoms with Gasteiger partial charge in [0.25, 0.3) is 5.91 Å². The number of unbranched alkanes of at least 4 members (excludes halogenated alkanes) is 1. The first-order valence-corrected chi connectivity index (χ1v) is 8.51. The summed E-state index contributed by atoms with van der Waals surface area (Å²) in [5.41, 5.74) is 1.46. The van der Waals surface area contributed by atoms with Gasteiger partial charge in [0.1, 0.15) is 0 Å². The number of para-hydroxylation sites is 1. The molecule has 0 heterocycles. The molecule has 2 N–H and O–H groups in total. The lowest BCUT2D eigenvalue weighted by Gasteiger charge is -2.13. The van der Waals surface area contributed by atoms with Crippen LogP contribution < -0.4 is 20.1 Å². The third-order valence-electron chi connectivity index (χ3n) is 3.84. The van der Waals surface area contributed by atoms with Crippen LogP contribution >= 0.6 is 0 Å². The topological polar surface area (TPSA) is 76.7 Å². The fraction of sp³-hybridized carbons (Fsp3) is 0.300. The summed E-state index contributed by atoms with van der Waals surface area (Å²) >= 11 is 0. The van der Waals surface area contributed by atoms with Crippen LogP contribution in [0.4, 0.5) is 11.4 Å². The Bertz CT molecular complexity index is 774. The van der Waals surface area contributed by atoms with Gasteiger partial charge in [-0.2, -0.15) is 0 Å². The van der Waals surface area contributed by atoms with Crippen molar-refractivity contribution in [1.82, 2.24) is 0 Å². The lowest BCUT2D eigenvalue weighted by molar-refractivity contribution is -0.116. The van der Waals surface area contributed by atoms with Crippen LogP contribution in [-0.4, -0.2) is 26.0 Å². The van der Waals surface area contributed by atoms with E-state index in [0.29, 0.717) is 34.9 Å². The van der Waals surface area contributed by atoms with Crippen LogP contribution in [0, 0.1) is 0 Å². The van der Waals surface area contributed by atoms with Crippen molar-refractivity contribution in [2.24, 2.45) is 0 Å². The number of carbonyl (C=O) groups excluding carboxylic acids is 2. The molecule has 0 atom stereocenters. The van der Waals surface area contributed by atoms with Gasteiger partial charge in [-0.05, 0) is 30.7 Å². The van der Waals surface area contributed by atoms with Crippen molar-refractivity contribution in [3.8, 4) is 11.5 Å². The van der Waals surface area contributed by atoms with Crippen molar-refractivity contribution in [2.75, 3.05) is 24.9 Å². The van der Waals surface area contributed by atoms with Gasteiger partial charge in [0.05, 0.1) is 25.5 Å². The molecule has 0 unspecified atom stereocenters. The Hall–Kier alpha value is -3.02. The highest BCUT2D eigenvalue weighted by Gasteiger charge is 2.14. The molecular weight excluding hydrogens is 332 g/mol. The predicted molar refractivity (Wildman–Crippen MR) is 102 cm³/mol. The fourth-order valence-electron chi connectivity index (χ4n) is 2.45. The van der Waals surface area contributed by atoms with Gasteiger partial charge in [0.2, 0.25) is 5.91 Å². The molecule has 0 aromatic heterocycles. The van der Waals surface area contributed by atoms with Gasteiger partial charge in [-0.1, -0.05) is 25.5 Å². The zero-order valence-electron chi connectivity index (χ0n) is 15.3. The first-order chi connectivity index (χ1) is 12.6. The number of rotatable bonds is 8. The fourth-order valence-corrected chi connectivity index (χ4v) is 2.45. The van der Waals surface area contributed by atoms with Gasteiger partial charge in [0.15, 0.2) is 11.5 Å². The summed E-state index contributed by atoms with van der Waals surface area (Å²) in [4.78, 5) is 24.6. The lowest BCUT2D eigenvalue weighted by atomic mass is 10.1. The molecule has 0 aliphatic rings. The van der Waals surface area contributed by atoms with Gasteiger partial charge in [-0.3, -0.25) is 9.59 Å². The monoisotopic (exact) mass is 356 g/mol. The van der Waals surface area contributed by atoms with Gasteiger partial charge >= 0.3 is 0 Å². The van der Waals surface area contributed by atoms with Crippen molar-refractivity contribution < 1.29 is 19.1 Å². The Balaban J connectivity index is 2.16. The van der Waals surface area contributed by atoms with Gasteiger partial charge in [-0.15, -0.1) is 0 Å². The molecule has 2 aromatic rings. The highest BCUT2D eigenvalue weighted by molar-refractivity contribution is 6.10. The quantitative estimate of drug-likeness (QED) is 0.747. The minimum absolute atomic E-state index is 0.0989. The van der Waals surface area contributed by atoms with E-state index >= 15 is 0 Å². The summed E-state index contributed by atoms with van der Waals surface area (Å²) in [6, 6.07) is 12.0. The maximum absolute atomic E-state index is 12.7.